The molecule has 5 nitrogen and oxygen atoms in total. The molecule has 1 aliphatic carbocycles. The summed E-state index contributed by atoms with van der Waals surface area (Å²) in [5.74, 6) is -1.02. The number of amides is 1. The Bertz CT molecular complexity index is 541. The Morgan fingerprint density at radius 1 is 1.18 bits per heavy atom. The first-order valence-electron chi connectivity index (χ1n) is 7.78. The lowest BCUT2D eigenvalue weighted by Crippen LogP contribution is -2.33. The molecule has 3 rings (SSSR count). The molecule has 1 aromatic rings. The predicted molar refractivity (Wildman–Crippen MR) is 80.4 cm³/mol. The maximum absolute atomic E-state index is 12.2. The number of hydrogen-bond donors (Lipinski definition) is 1. The van der Waals surface area contributed by atoms with E-state index in [1.807, 2.05) is 30.3 Å². The summed E-state index contributed by atoms with van der Waals surface area (Å²) in [5, 5.41) is 9.43. The molecule has 22 heavy (non-hydrogen) atoms. The van der Waals surface area contributed by atoms with Crippen molar-refractivity contribution in [2.45, 2.75) is 18.8 Å². The van der Waals surface area contributed by atoms with Crippen molar-refractivity contribution in [3.63, 3.8) is 0 Å². The summed E-state index contributed by atoms with van der Waals surface area (Å²) in [6.45, 7) is 1.42. The second kappa shape index (κ2) is 6.48. The van der Waals surface area contributed by atoms with Gasteiger partial charge in [-0.25, -0.2) is 0 Å². The number of hydrogen-bond acceptors (Lipinski definition) is 3. The van der Waals surface area contributed by atoms with Crippen molar-refractivity contribution in [3.05, 3.63) is 35.9 Å². The van der Waals surface area contributed by atoms with Gasteiger partial charge in [0.15, 0.2) is 0 Å². The summed E-state index contributed by atoms with van der Waals surface area (Å²) in [6, 6.07) is 9.56. The number of nitrogens with zero attached hydrogens (tertiary/aromatic N) is 1. The number of rotatable bonds is 6. The maximum Gasteiger partial charge on any atom is 0.308 e. The van der Waals surface area contributed by atoms with Crippen LogP contribution in [0.1, 0.15) is 24.3 Å². The fourth-order valence-corrected chi connectivity index (χ4v) is 2.98. The first-order chi connectivity index (χ1) is 10.6. The standard InChI is InChI=1S/C17H21NO4/c19-16(11-22-10-12-6-7-12)18-8-14(15(9-18)17(20)21)13-4-2-1-3-5-13/h1-5,12,14-15H,6-11H2,(H,20,21). The van der Waals surface area contributed by atoms with Gasteiger partial charge in [-0.3, -0.25) is 9.59 Å². The highest BCUT2D eigenvalue weighted by molar-refractivity contribution is 5.80. The van der Waals surface area contributed by atoms with Gasteiger partial charge in [-0.15, -0.1) is 0 Å². The van der Waals surface area contributed by atoms with Gasteiger partial charge in [0.25, 0.3) is 0 Å². The van der Waals surface area contributed by atoms with Crippen LogP contribution in [0.15, 0.2) is 30.3 Å². The smallest absolute Gasteiger partial charge is 0.308 e. The second-order valence-corrected chi connectivity index (χ2v) is 6.22. The van der Waals surface area contributed by atoms with Gasteiger partial charge in [0.2, 0.25) is 5.91 Å². The average molecular weight is 303 g/mol. The van der Waals surface area contributed by atoms with Crippen LogP contribution >= 0.6 is 0 Å². The average Bonchev–Trinajstić information content (AvgIpc) is 3.23. The molecule has 0 radical (unpaired) electrons. The highest BCUT2D eigenvalue weighted by Crippen LogP contribution is 2.33. The van der Waals surface area contributed by atoms with Gasteiger partial charge < -0.3 is 14.7 Å². The lowest BCUT2D eigenvalue weighted by Gasteiger charge is -2.16. The molecule has 5 heteroatoms. The number of carboxylic acids is 1. The normalized spacial score (nSPS) is 24.5. The molecular formula is C17H21NO4. The number of carbonyl (C=O) groups is 2. The number of ether oxygens (including phenoxy) is 1. The van der Waals surface area contributed by atoms with Crippen LogP contribution in [0.2, 0.25) is 0 Å². The lowest BCUT2D eigenvalue weighted by atomic mass is 9.89. The van der Waals surface area contributed by atoms with Gasteiger partial charge in [0, 0.05) is 19.0 Å². The summed E-state index contributed by atoms with van der Waals surface area (Å²) >= 11 is 0. The molecule has 0 aromatic heterocycles. The molecule has 1 aliphatic heterocycles. The molecular weight excluding hydrogens is 282 g/mol. The van der Waals surface area contributed by atoms with E-state index < -0.39 is 11.9 Å². The van der Waals surface area contributed by atoms with E-state index >= 15 is 0 Å². The Morgan fingerprint density at radius 3 is 2.55 bits per heavy atom. The third-order valence-corrected chi connectivity index (χ3v) is 4.49. The quantitative estimate of drug-likeness (QED) is 0.869. The van der Waals surface area contributed by atoms with Crippen LogP contribution in [0.5, 0.6) is 0 Å². The monoisotopic (exact) mass is 303 g/mol. The van der Waals surface area contributed by atoms with E-state index in [0.29, 0.717) is 19.1 Å². The molecule has 1 N–H and O–H groups in total. The Hall–Kier alpha value is -1.88. The van der Waals surface area contributed by atoms with E-state index in [-0.39, 0.29) is 25.0 Å². The molecule has 1 saturated carbocycles. The van der Waals surface area contributed by atoms with E-state index in [1.165, 1.54) is 12.8 Å². The van der Waals surface area contributed by atoms with E-state index in [4.69, 9.17) is 4.74 Å². The second-order valence-electron chi connectivity index (χ2n) is 6.22. The highest BCUT2D eigenvalue weighted by atomic mass is 16.5. The van der Waals surface area contributed by atoms with Gasteiger partial charge in [-0.1, -0.05) is 30.3 Å². The molecule has 1 saturated heterocycles. The predicted octanol–water partition coefficient (Wildman–Crippen LogP) is 1.74. The van der Waals surface area contributed by atoms with Crippen LogP contribution < -0.4 is 0 Å². The van der Waals surface area contributed by atoms with Gasteiger partial charge in [-0.05, 0) is 24.3 Å². The zero-order chi connectivity index (χ0) is 15.5. The minimum atomic E-state index is -0.844. The third-order valence-electron chi connectivity index (χ3n) is 4.49. The zero-order valence-corrected chi connectivity index (χ0v) is 12.5. The summed E-state index contributed by atoms with van der Waals surface area (Å²) in [4.78, 5) is 25.3. The molecule has 2 atom stereocenters. The van der Waals surface area contributed by atoms with Crippen LogP contribution in [-0.4, -0.2) is 48.2 Å². The maximum atomic E-state index is 12.2. The summed E-state index contributed by atoms with van der Waals surface area (Å²) < 4.78 is 5.43. The van der Waals surface area contributed by atoms with Crippen molar-refractivity contribution in [1.82, 2.24) is 4.90 Å². The number of carboxylic acid groups (broad SMARTS) is 1. The number of benzene rings is 1. The Morgan fingerprint density at radius 2 is 1.91 bits per heavy atom. The third kappa shape index (κ3) is 3.47. The number of aliphatic carboxylic acids is 1. The van der Waals surface area contributed by atoms with Gasteiger partial charge >= 0.3 is 5.97 Å². The van der Waals surface area contributed by atoms with Crippen molar-refractivity contribution >= 4 is 11.9 Å². The first-order valence-corrected chi connectivity index (χ1v) is 7.78. The van der Waals surface area contributed by atoms with Gasteiger partial charge in [0.05, 0.1) is 12.5 Å². The van der Waals surface area contributed by atoms with E-state index in [1.54, 1.807) is 4.90 Å². The van der Waals surface area contributed by atoms with E-state index in [9.17, 15) is 14.7 Å². The van der Waals surface area contributed by atoms with Gasteiger partial charge in [-0.2, -0.15) is 0 Å². The largest absolute Gasteiger partial charge is 0.481 e. The summed E-state index contributed by atoms with van der Waals surface area (Å²) in [5.41, 5.74) is 0.976. The van der Waals surface area contributed by atoms with Crippen LogP contribution in [-0.2, 0) is 14.3 Å². The molecule has 0 spiro atoms. The Labute approximate surface area is 129 Å². The number of likely N-dealkylation sites (tertiary alicyclic amines) is 1. The molecule has 118 valence electrons. The molecule has 2 aliphatic rings. The molecule has 1 amide bonds. The molecule has 0 bridgehead atoms. The van der Waals surface area contributed by atoms with Crippen molar-refractivity contribution in [3.8, 4) is 0 Å². The lowest BCUT2D eigenvalue weighted by molar-refractivity contribution is -0.142. The topological polar surface area (TPSA) is 66.8 Å². The Kier molecular flexibility index (Phi) is 4.43. The fraction of sp³-hybridized carbons (Fsp3) is 0.529. The zero-order valence-electron chi connectivity index (χ0n) is 12.5. The van der Waals surface area contributed by atoms with Crippen molar-refractivity contribution in [1.29, 1.82) is 0 Å². The summed E-state index contributed by atoms with van der Waals surface area (Å²) in [7, 11) is 0. The van der Waals surface area contributed by atoms with Crippen molar-refractivity contribution in [2.75, 3.05) is 26.3 Å². The van der Waals surface area contributed by atoms with E-state index in [0.717, 1.165) is 5.56 Å². The minimum absolute atomic E-state index is 0.0599. The van der Waals surface area contributed by atoms with Crippen LogP contribution in [0.25, 0.3) is 0 Å². The Balaban J connectivity index is 1.62. The van der Waals surface area contributed by atoms with Crippen molar-refractivity contribution in [2.24, 2.45) is 11.8 Å². The molecule has 2 unspecified atom stereocenters. The molecule has 1 heterocycles. The molecule has 2 fully saturated rings. The van der Waals surface area contributed by atoms with Gasteiger partial charge in [0.1, 0.15) is 6.61 Å². The minimum Gasteiger partial charge on any atom is -0.481 e. The van der Waals surface area contributed by atoms with Crippen LogP contribution in [0.3, 0.4) is 0 Å². The number of carbonyl (C=O) groups excluding carboxylic acids is 1. The summed E-state index contributed by atoms with van der Waals surface area (Å²) in [6.07, 6.45) is 2.38. The van der Waals surface area contributed by atoms with Crippen LogP contribution in [0.4, 0.5) is 0 Å². The molecule has 1 aromatic carbocycles. The SMILES string of the molecule is O=C(O)C1CN(C(=O)COCC2CC2)CC1c1ccccc1. The van der Waals surface area contributed by atoms with E-state index in [2.05, 4.69) is 0 Å². The first kappa shape index (κ1) is 15.0. The van der Waals surface area contributed by atoms with Crippen molar-refractivity contribution < 1.29 is 19.4 Å². The fourth-order valence-electron chi connectivity index (χ4n) is 2.98. The highest BCUT2D eigenvalue weighted by Gasteiger charge is 2.40. The van der Waals surface area contributed by atoms with Crippen LogP contribution in [0, 0.1) is 11.8 Å².